The largest absolute Gasteiger partial charge is 0.379 e. The van der Waals surface area contributed by atoms with Crippen LogP contribution in [0.2, 0.25) is 0 Å². The number of hydrogen-bond donors (Lipinski definition) is 0. The van der Waals surface area contributed by atoms with Gasteiger partial charge >= 0.3 is 10.1 Å². The van der Waals surface area contributed by atoms with Crippen LogP contribution >= 0.6 is 15.9 Å². The molecule has 3 nitrogen and oxygen atoms in total. The van der Waals surface area contributed by atoms with Crippen LogP contribution in [0.15, 0.2) is 88.2 Å². The van der Waals surface area contributed by atoms with Gasteiger partial charge in [0.15, 0.2) is 0 Å². The second-order valence-electron chi connectivity index (χ2n) is 4.88. The van der Waals surface area contributed by atoms with Crippen molar-refractivity contribution in [2.45, 2.75) is 4.90 Å². The standard InChI is InChI=1S/C18H13BrO3S/c19-16-10-6-14(7-11-16)15-8-12-17(13-9-15)22-23(20,21)18-4-2-1-3-5-18/h1-13H. The average molecular weight is 389 g/mol. The lowest BCUT2D eigenvalue weighted by Gasteiger charge is -2.08. The first-order valence-electron chi connectivity index (χ1n) is 6.90. The SMILES string of the molecule is O=S(=O)(Oc1ccc(-c2ccc(Br)cc2)cc1)c1ccccc1. The second kappa shape index (κ2) is 6.56. The predicted octanol–water partition coefficient (Wildman–Crippen LogP) is 4.88. The van der Waals surface area contributed by atoms with Gasteiger partial charge in [-0.1, -0.05) is 58.4 Å². The Balaban J connectivity index is 1.81. The van der Waals surface area contributed by atoms with Crippen molar-refractivity contribution in [3.8, 4) is 16.9 Å². The van der Waals surface area contributed by atoms with Crippen LogP contribution in [0, 0.1) is 0 Å². The van der Waals surface area contributed by atoms with Gasteiger partial charge in [0.1, 0.15) is 10.6 Å². The van der Waals surface area contributed by atoms with E-state index in [0.717, 1.165) is 15.6 Å². The van der Waals surface area contributed by atoms with Gasteiger partial charge in [0.2, 0.25) is 0 Å². The van der Waals surface area contributed by atoms with E-state index in [0.29, 0.717) is 0 Å². The maximum absolute atomic E-state index is 12.2. The number of benzene rings is 3. The van der Waals surface area contributed by atoms with Gasteiger partial charge in [-0.15, -0.1) is 0 Å². The number of rotatable bonds is 4. The lowest BCUT2D eigenvalue weighted by Crippen LogP contribution is -2.09. The molecular weight excluding hydrogens is 376 g/mol. The summed E-state index contributed by atoms with van der Waals surface area (Å²) in [6.07, 6.45) is 0. The van der Waals surface area contributed by atoms with E-state index in [1.165, 1.54) is 12.1 Å². The first kappa shape index (κ1) is 15.8. The summed E-state index contributed by atoms with van der Waals surface area (Å²) in [6.45, 7) is 0. The Morgan fingerprint density at radius 2 is 1.22 bits per heavy atom. The zero-order valence-corrected chi connectivity index (χ0v) is 14.4. The first-order valence-corrected chi connectivity index (χ1v) is 9.10. The van der Waals surface area contributed by atoms with Gasteiger partial charge in [0.05, 0.1) is 0 Å². The van der Waals surface area contributed by atoms with E-state index >= 15 is 0 Å². The monoisotopic (exact) mass is 388 g/mol. The molecule has 0 spiro atoms. The highest BCUT2D eigenvalue weighted by molar-refractivity contribution is 9.10. The Bertz CT molecular complexity index is 887. The molecule has 0 saturated heterocycles. The third kappa shape index (κ3) is 3.81. The van der Waals surface area contributed by atoms with Crippen LogP contribution in [0.25, 0.3) is 11.1 Å². The van der Waals surface area contributed by atoms with Crippen LogP contribution in [-0.4, -0.2) is 8.42 Å². The highest BCUT2D eigenvalue weighted by Crippen LogP contribution is 2.25. The highest BCUT2D eigenvalue weighted by atomic mass is 79.9. The van der Waals surface area contributed by atoms with Gasteiger partial charge in [-0.25, -0.2) is 0 Å². The van der Waals surface area contributed by atoms with E-state index < -0.39 is 10.1 Å². The van der Waals surface area contributed by atoms with E-state index in [2.05, 4.69) is 15.9 Å². The Morgan fingerprint density at radius 3 is 1.78 bits per heavy atom. The normalized spacial score (nSPS) is 11.2. The van der Waals surface area contributed by atoms with Gasteiger partial charge in [-0.3, -0.25) is 0 Å². The maximum Gasteiger partial charge on any atom is 0.339 e. The summed E-state index contributed by atoms with van der Waals surface area (Å²) in [5, 5.41) is 0. The van der Waals surface area contributed by atoms with Crippen LogP contribution < -0.4 is 4.18 Å². The summed E-state index contributed by atoms with van der Waals surface area (Å²) in [5.41, 5.74) is 2.03. The van der Waals surface area contributed by atoms with Gasteiger partial charge < -0.3 is 4.18 Å². The van der Waals surface area contributed by atoms with E-state index in [1.807, 2.05) is 36.4 Å². The molecule has 116 valence electrons. The zero-order chi connectivity index (χ0) is 16.3. The quantitative estimate of drug-likeness (QED) is 0.597. The van der Waals surface area contributed by atoms with Crippen LogP contribution in [-0.2, 0) is 10.1 Å². The average Bonchev–Trinajstić information content (AvgIpc) is 2.57. The molecule has 0 atom stereocenters. The van der Waals surface area contributed by atoms with Gasteiger partial charge in [-0.05, 0) is 47.5 Å². The van der Waals surface area contributed by atoms with Crippen LogP contribution in [0.5, 0.6) is 5.75 Å². The van der Waals surface area contributed by atoms with Crippen molar-refractivity contribution in [1.29, 1.82) is 0 Å². The Kier molecular flexibility index (Phi) is 4.50. The molecule has 0 aliphatic heterocycles. The molecule has 0 aliphatic rings. The van der Waals surface area contributed by atoms with Crippen molar-refractivity contribution >= 4 is 26.0 Å². The fourth-order valence-electron chi connectivity index (χ4n) is 2.11. The zero-order valence-electron chi connectivity index (χ0n) is 12.0. The molecule has 0 unspecified atom stereocenters. The summed E-state index contributed by atoms with van der Waals surface area (Å²) < 4.78 is 30.5. The molecular formula is C18H13BrO3S. The number of hydrogen-bond acceptors (Lipinski definition) is 3. The molecule has 0 N–H and O–H groups in total. The summed E-state index contributed by atoms with van der Waals surface area (Å²) in [4.78, 5) is 0.136. The van der Waals surface area contributed by atoms with Crippen molar-refractivity contribution in [2.75, 3.05) is 0 Å². The minimum absolute atomic E-state index is 0.136. The topological polar surface area (TPSA) is 43.4 Å². The van der Waals surface area contributed by atoms with Gasteiger partial charge in [-0.2, -0.15) is 8.42 Å². The second-order valence-corrected chi connectivity index (χ2v) is 7.34. The molecule has 3 aromatic carbocycles. The molecule has 0 amide bonds. The predicted molar refractivity (Wildman–Crippen MR) is 93.8 cm³/mol. The van der Waals surface area contributed by atoms with Crippen molar-refractivity contribution < 1.29 is 12.6 Å². The number of halogens is 1. The molecule has 0 saturated carbocycles. The molecule has 3 rings (SSSR count). The Hall–Kier alpha value is -2.11. The molecule has 0 aromatic heterocycles. The molecule has 23 heavy (non-hydrogen) atoms. The van der Waals surface area contributed by atoms with Crippen molar-refractivity contribution in [1.82, 2.24) is 0 Å². The summed E-state index contributed by atoms with van der Waals surface area (Å²) in [6, 6.07) is 22.9. The molecule has 3 aromatic rings. The third-order valence-corrected chi connectivity index (χ3v) is 5.06. The van der Waals surface area contributed by atoms with Crippen LogP contribution in [0.4, 0.5) is 0 Å². The molecule has 0 fully saturated rings. The summed E-state index contributed by atoms with van der Waals surface area (Å²) >= 11 is 3.40. The molecule has 5 heteroatoms. The van der Waals surface area contributed by atoms with E-state index in [1.54, 1.807) is 30.3 Å². The smallest absolute Gasteiger partial charge is 0.339 e. The van der Waals surface area contributed by atoms with E-state index in [4.69, 9.17) is 4.18 Å². The van der Waals surface area contributed by atoms with E-state index in [9.17, 15) is 8.42 Å². The molecule has 0 aliphatic carbocycles. The lowest BCUT2D eigenvalue weighted by molar-refractivity contribution is 0.486. The minimum Gasteiger partial charge on any atom is -0.379 e. The van der Waals surface area contributed by atoms with Crippen LogP contribution in [0.1, 0.15) is 0 Å². The van der Waals surface area contributed by atoms with Crippen molar-refractivity contribution in [3.05, 3.63) is 83.3 Å². The molecule has 0 heterocycles. The summed E-state index contributed by atoms with van der Waals surface area (Å²) in [5.74, 6) is 0.287. The third-order valence-electron chi connectivity index (χ3n) is 3.27. The fourth-order valence-corrected chi connectivity index (χ4v) is 3.32. The van der Waals surface area contributed by atoms with Gasteiger partial charge in [0, 0.05) is 4.47 Å². The molecule has 0 bridgehead atoms. The molecule has 0 radical (unpaired) electrons. The first-order chi connectivity index (χ1) is 11.0. The van der Waals surface area contributed by atoms with Gasteiger partial charge in [0.25, 0.3) is 0 Å². The maximum atomic E-state index is 12.2. The van der Waals surface area contributed by atoms with Crippen molar-refractivity contribution in [2.24, 2.45) is 0 Å². The fraction of sp³-hybridized carbons (Fsp3) is 0. The van der Waals surface area contributed by atoms with E-state index in [-0.39, 0.29) is 10.6 Å². The minimum atomic E-state index is -3.80. The lowest BCUT2D eigenvalue weighted by atomic mass is 10.1. The summed E-state index contributed by atoms with van der Waals surface area (Å²) in [7, 11) is -3.80. The Morgan fingerprint density at radius 1 is 0.696 bits per heavy atom. The van der Waals surface area contributed by atoms with Crippen LogP contribution in [0.3, 0.4) is 0 Å². The Labute approximate surface area is 143 Å². The van der Waals surface area contributed by atoms with Crippen molar-refractivity contribution in [3.63, 3.8) is 0 Å². The highest BCUT2D eigenvalue weighted by Gasteiger charge is 2.15.